The van der Waals surface area contributed by atoms with Gasteiger partial charge in [-0.3, -0.25) is 0 Å². The molecule has 0 saturated carbocycles. The molecule has 174 valence electrons. The molecule has 33 heavy (non-hydrogen) atoms. The molecule has 8 heteroatoms. The number of aromatic nitrogens is 5. The van der Waals surface area contributed by atoms with Crippen LogP contribution in [0.4, 0.5) is 0 Å². The number of hydrogen-bond donors (Lipinski definition) is 3. The number of nitrogens with one attached hydrogen (secondary N) is 2. The van der Waals surface area contributed by atoms with E-state index in [4.69, 9.17) is 4.74 Å². The fourth-order valence-electron chi connectivity index (χ4n) is 4.12. The molecular formula is C25H32N6O2. The Morgan fingerprint density at radius 2 is 1.88 bits per heavy atom. The first-order valence-corrected chi connectivity index (χ1v) is 11.2. The first kappa shape index (κ1) is 22.9. The van der Waals surface area contributed by atoms with Crippen molar-refractivity contribution in [3.8, 4) is 28.3 Å². The summed E-state index contributed by atoms with van der Waals surface area (Å²) in [5, 5.41) is 22.5. The fourth-order valence-corrected chi connectivity index (χ4v) is 4.12. The highest BCUT2D eigenvalue weighted by Gasteiger charge is 2.24. The van der Waals surface area contributed by atoms with Crippen molar-refractivity contribution in [3.05, 3.63) is 47.8 Å². The first-order chi connectivity index (χ1) is 15.7. The zero-order valence-electron chi connectivity index (χ0n) is 19.9. The minimum atomic E-state index is -0.879. The van der Waals surface area contributed by atoms with Crippen molar-refractivity contribution in [2.75, 3.05) is 27.2 Å². The molecule has 4 aromatic rings. The molecule has 0 aliphatic carbocycles. The van der Waals surface area contributed by atoms with E-state index in [2.05, 4.69) is 51.3 Å². The first-order valence-electron chi connectivity index (χ1n) is 11.2. The largest absolute Gasteiger partial charge is 0.494 e. The van der Waals surface area contributed by atoms with Crippen molar-refractivity contribution < 1.29 is 9.84 Å². The van der Waals surface area contributed by atoms with Crippen LogP contribution in [0.5, 0.6) is 5.75 Å². The van der Waals surface area contributed by atoms with Gasteiger partial charge in [0, 0.05) is 30.1 Å². The zero-order chi connectivity index (χ0) is 23.6. The third-order valence-electron chi connectivity index (χ3n) is 5.65. The molecule has 0 saturated heterocycles. The topological polar surface area (TPSA) is 103 Å². The van der Waals surface area contributed by atoms with E-state index < -0.39 is 5.60 Å². The average Bonchev–Trinajstić information content (AvgIpc) is 3.40. The zero-order valence-corrected chi connectivity index (χ0v) is 19.9. The van der Waals surface area contributed by atoms with Gasteiger partial charge >= 0.3 is 0 Å². The van der Waals surface area contributed by atoms with Crippen LogP contribution in [0.15, 0.2) is 36.7 Å². The van der Waals surface area contributed by atoms with Crippen LogP contribution in [-0.2, 0) is 6.42 Å². The molecule has 0 aliphatic rings. The summed E-state index contributed by atoms with van der Waals surface area (Å²) >= 11 is 0. The third-order valence-corrected chi connectivity index (χ3v) is 5.65. The van der Waals surface area contributed by atoms with Crippen molar-refractivity contribution in [3.63, 3.8) is 0 Å². The monoisotopic (exact) mass is 448 g/mol. The smallest absolute Gasteiger partial charge is 0.138 e. The van der Waals surface area contributed by atoms with Crippen molar-refractivity contribution in [2.24, 2.45) is 0 Å². The second-order valence-electron chi connectivity index (χ2n) is 9.37. The Morgan fingerprint density at radius 1 is 1.12 bits per heavy atom. The van der Waals surface area contributed by atoms with E-state index in [9.17, 15) is 5.11 Å². The van der Waals surface area contributed by atoms with Crippen LogP contribution in [0.3, 0.4) is 0 Å². The highest BCUT2D eigenvalue weighted by Crippen LogP contribution is 2.37. The number of rotatable bonds is 9. The molecular weight excluding hydrogens is 416 g/mol. The second-order valence-corrected chi connectivity index (χ2v) is 9.37. The molecule has 0 radical (unpaired) electrons. The van der Waals surface area contributed by atoms with Crippen LogP contribution >= 0.6 is 0 Å². The Kier molecular flexibility index (Phi) is 6.49. The van der Waals surface area contributed by atoms with Gasteiger partial charge in [-0.2, -0.15) is 15.4 Å². The summed E-state index contributed by atoms with van der Waals surface area (Å²) in [7, 11) is 4.12. The third kappa shape index (κ3) is 5.23. The number of fused-ring (bicyclic) bond motifs is 1. The summed E-state index contributed by atoms with van der Waals surface area (Å²) in [4.78, 5) is 10.3. The number of pyridine rings is 1. The lowest BCUT2D eigenvalue weighted by Gasteiger charge is -2.18. The standard InChI is InChI=1S/C25H32N6O2/c1-16-20(21-15-27-30-29-21)14-26-24-22(16)19(13-25(2,3)32)23(28-24)17-7-9-18(10-8-17)33-12-6-11-31(4)5/h7-10,14-15,32H,6,11-13H2,1-5H3,(H,26,28)(H,27,29,30). The lowest BCUT2D eigenvalue weighted by molar-refractivity contribution is 0.0814. The van der Waals surface area contributed by atoms with Gasteiger partial charge in [0.2, 0.25) is 0 Å². The van der Waals surface area contributed by atoms with E-state index in [1.54, 1.807) is 6.20 Å². The Labute approximate surface area is 194 Å². The number of aromatic amines is 2. The van der Waals surface area contributed by atoms with E-state index in [1.165, 1.54) is 0 Å². The number of aliphatic hydroxyl groups is 1. The molecule has 0 fully saturated rings. The number of ether oxygens (including phenoxy) is 1. The number of H-pyrrole nitrogens is 2. The summed E-state index contributed by atoms with van der Waals surface area (Å²) in [5.41, 5.74) is 5.64. The Hall–Kier alpha value is -3.23. The van der Waals surface area contributed by atoms with Crippen molar-refractivity contribution in [1.82, 2.24) is 30.3 Å². The maximum atomic E-state index is 10.7. The van der Waals surface area contributed by atoms with E-state index in [0.29, 0.717) is 13.0 Å². The van der Waals surface area contributed by atoms with Gasteiger partial charge in [-0.1, -0.05) is 0 Å². The molecule has 3 aromatic heterocycles. The Morgan fingerprint density at radius 3 is 2.52 bits per heavy atom. The van der Waals surface area contributed by atoms with Crippen LogP contribution in [-0.4, -0.2) is 68.2 Å². The highest BCUT2D eigenvalue weighted by molar-refractivity contribution is 5.94. The molecule has 0 spiro atoms. The van der Waals surface area contributed by atoms with Crippen LogP contribution in [0.2, 0.25) is 0 Å². The molecule has 1 aromatic carbocycles. The van der Waals surface area contributed by atoms with Crippen molar-refractivity contribution in [2.45, 2.75) is 39.2 Å². The molecule has 0 atom stereocenters. The van der Waals surface area contributed by atoms with E-state index in [0.717, 1.165) is 63.4 Å². The highest BCUT2D eigenvalue weighted by atomic mass is 16.5. The molecule has 0 amide bonds. The van der Waals surface area contributed by atoms with E-state index >= 15 is 0 Å². The molecule has 0 unspecified atom stereocenters. The summed E-state index contributed by atoms with van der Waals surface area (Å²) in [5.74, 6) is 0.847. The number of benzene rings is 1. The van der Waals surface area contributed by atoms with Crippen LogP contribution in [0.1, 0.15) is 31.4 Å². The van der Waals surface area contributed by atoms with Gasteiger partial charge in [0.1, 0.15) is 17.1 Å². The molecule has 3 heterocycles. The molecule has 0 bridgehead atoms. The van der Waals surface area contributed by atoms with E-state index in [-0.39, 0.29) is 0 Å². The minimum absolute atomic E-state index is 0.482. The van der Waals surface area contributed by atoms with Gasteiger partial charge in [0.25, 0.3) is 0 Å². The number of nitrogens with zero attached hydrogens (tertiary/aromatic N) is 4. The molecule has 4 rings (SSSR count). The number of aryl methyl sites for hydroxylation is 1. The van der Waals surface area contributed by atoms with Crippen molar-refractivity contribution >= 4 is 11.0 Å². The van der Waals surface area contributed by atoms with Gasteiger partial charge in [-0.05, 0) is 82.2 Å². The Balaban J connectivity index is 1.71. The van der Waals surface area contributed by atoms with Gasteiger partial charge in [0.05, 0.1) is 24.1 Å². The molecule has 8 nitrogen and oxygen atoms in total. The fraction of sp³-hybridized carbons (Fsp3) is 0.400. The quantitative estimate of drug-likeness (QED) is 0.335. The normalized spacial score (nSPS) is 12.1. The molecule has 0 aliphatic heterocycles. The second kappa shape index (κ2) is 9.33. The maximum Gasteiger partial charge on any atom is 0.138 e. The van der Waals surface area contributed by atoms with Crippen LogP contribution in [0, 0.1) is 6.92 Å². The van der Waals surface area contributed by atoms with Crippen LogP contribution in [0.25, 0.3) is 33.5 Å². The number of hydrogen-bond acceptors (Lipinski definition) is 6. The summed E-state index contributed by atoms with van der Waals surface area (Å²) < 4.78 is 5.89. The van der Waals surface area contributed by atoms with Crippen LogP contribution < -0.4 is 4.74 Å². The van der Waals surface area contributed by atoms with E-state index in [1.807, 2.05) is 44.3 Å². The SMILES string of the molecule is Cc1c(-c2cn[nH]n2)cnc2[nH]c(-c3ccc(OCCCN(C)C)cc3)c(CC(C)(C)O)c12. The maximum absolute atomic E-state index is 10.7. The van der Waals surface area contributed by atoms with Gasteiger partial charge in [0.15, 0.2) is 0 Å². The van der Waals surface area contributed by atoms with Gasteiger partial charge in [-0.25, -0.2) is 4.98 Å². The summed E-state index contributed by atoms with van der Waals surface area (Å²) in [6, 6.07) is 8.08. The average molecular weight is 449 g/mol. The lowest BCUT2D eigenvalue weighted by atomic mass is 9.92. The molecule has 3 N–H and O–H groups in total. The predicted molar refractivity (Wildman–Crippen MR) is 130 cm³/mol. The van der Waals surface area contributed by atoms with Crippen molar-refractivity contribution in [1.29, 1.82) is 0 Å². The summed E-state index contributed by atoms with van der Waals surface area (Å²) in [6.45, 7) is 7.39. The summed E-state index contributed by atoms with van der Waals surface area (Å²) in [6.07, 6.45) is 4.96. The van der Waals surface area contributed by atoms with Gasteiger partial charge in [-0.15, -0.1) is 0 Å². The predicted octanol–water partition coefficient (Wildman–Crippen LogP) is 3.97. The Bertz CT molecular complexity index is 1200. The lowest BCUT2D eigenvalue weighted by Crippen LogP contribution is -2.22. The minimum Gasteiger partial charge on any atom is -0.494 e. The van der Waals surface area contributed by atoms with Gasteiger partial charge < -0.3 is 19.7 Å².